The van der Waals surface area contributed by atoms with E-state index in [1.54, 1.807) is 0 Å². The van der Waals surface area contributed by atoms with Crippen molar-refractivity contribution in [3.63, 3.8) is 0 Å². The minimum atomic E-state index is 0.201. The first kappa shape index (κ1) is 20.6. The molecule has 0 unspecified atom stereocenters. The summed E-state index contributed by atoms with van der Waals surface area (Å²) in [6.07, 6.45) is 0. The van der Waals surface area contributed by atoms with E-state index in [2.05, 4.69) is 47.8 Å². The number of nitrogens with zero attached hydrogens (tertiary/aromatic N) is 3. The van der Waals surface area contributed by atoms with Gasteiger partial charge in [0.25, 0.3) is 0 Å². The van der Waals surface area contributed by atoms with Crippen LogP contribution in [-0.4, -0.2) is 32.1 Å². The molecule has 0 bridgehead atoms. The third-order valence-electron chi connectivity index (χ3n) is 3.40. The van der Waals surface area contributed by atoms with Crippen molar-refractivity contribution in [2.24, 2.45) is 0 Å². The van der Waals surface area contributed by atoms with Gasteiger partial charge in [0.2, 0.25) is 17.8 Å². The number of hydrogen-bond donors (Lipinski definition) is 5. The Bertz CT molecular complexity index is 763. The number of hydrazine groups is 1. The molecule has 9 heteroatoms. The van der Waals surface area contributed by atoms with E-state index < -0.39 is 0 Å². The van der Waals surface area contributed by atoms with Crippen LogP contribution in [0.1, 0.15) is 38.8 Å². The van der Waals surface area contributed by atoms with Crippen molar-refractivity contribution in [3.05, 3.63) is 29.3 Å². The molecule has 1 aromatic heterocycles. The number of hydrogen-bond acceptors (Lipinski definition) is 7. The molecule has 0 saturated carbocycles. The lowest BCUT2D eigenvalue weighted by molar-refractivity contribution is 0.842. The van der Waals surface area contributed by atoms with Crippen molar-refractivity contribution in [2.75, 3.05) is 21.4 Å². The van der Waals surface area contributed by atoms with Crippen LogP contribution in [0.2, 0.25) is 0 Å². The van der Waals surface area contributed by atoms with Crippen LogP contribution in [-0.2, 0) is 0 Å². The highest BCUT2D eigenvalue weighted by Gasteiger charge is 2.09. The van der Waals surface area contributed by atoms with E-state index >= 15 is 0 Å². The van der Waals surface area contributed by atoms with Gasteiger partial charge >= 0.3 is 0 Å². The second kappa shape index (κ2) is 9.31. The first-order chi connectivity index (χ1) is 12.7. The molecule has 0 atom stereocenters. The number of thiocarbonyl (C=S) groups is 1. The zero-order valence-electron chi connectivity index (χ0n) is 16.6. The predicted octanol–water partition coefficient (Wildman–Crippen LogP) is 3.44. The van der Waals surface area contributed by atoms with Gasteiger partial charge in [-0.2, -0.15) is 15.0 Å². The van der Waals surface area contributed by atoms with E-state index in [1.165, 1.54) is 0 Å². The molecule has 0 spiro atoms. The van der Waals surface area contributed by atoms with Gasteiger partial charge in [0, 0.05) is 17.8 Å². The van der Waals surface area contributed by atoms with Gasteiger partial charge in [-0.05, 0) is 71.0 Å². The maximum absolute atomic E-state index is 5.36. The molecular weight excluding hydrogens is 360 g/mol. The summed E-state index contributed by atoms with van der Waals surface area (Å²) in [6.45, 7) is 12.2. The van der Waals surface area contributed by atoms with E-state index in [0.717, 1.165) is 16.8 Å². The van der Waals surface area contributed by atoms with Gasteiger partial charge < -0.3 is 16.0 Å². The second-order valence-electron chi connectivity index (χ2n) is 6.93. The van der Waals surface area contributed by atoms with E-state index in [4.69, 9.17) is 12.2 Å². The summed E-state index contributed by atoms with van der Waals surface area (Å²) < 4.78 is 0. The highest BCUT2D eigenvalue weighted by atomic mass is 32.1. The average molecular weight is 389 g/mol. The number of anilines is 4. The standard InChI is InChI=1S/C18H28N8S/c1-10(2)19-15-22-16(20-11(3)4)24-17(23-15)25-26-18(27)21-14-9-12(5)7-8-13(14)6/h7-11H,1-6H3,(H2,21,26,27)(H3,19,20,22,23,24,25). The molecule has 1 aromatic carbocycles. The van der Waals surface area contributed by atoms with Crippen LogP contribution in [0.4, 0.5) is 23.5 Å². The minimum Gasteiger partial charge on any atom is -0.352 e. The maximum Gasteiger partial charge on any atom is 0.248 e. The summed E-state index contributed by atoms with van der Waals surface area (Å²) >= 11 is 5.36. The van der Waals surface area contributed by atoms with Gasteiger partial charge in [0.1, 0.15) is 0 Å². The largest absolute Gasteiger partial charge is 0.352 e. The normalized spacial score (nSPS) is 10.7. The third kappa shape index (κ3) is 6.86. The van der Waals surface area contributed by atoms with Crippen molar-refractivity contribution in [3.8, 4) is 0 Å². The van der Waals surface area contributed by atoms with Gasteiger partial charge in [0.05, 0.1) is 0 Å². The Balaban J connectivity index is 2.06. The van der Waals surface area contributed by atoms with Gasteiger partial charge in [0.15, 0.2) is 5.11 Å². The van der Waals surface area contributed by atoms with Gasteiger partial charge in [-0.15, -0.1) is 0 Å². The van der Waals surface area contributed by atoms with E-state index in [0.29, 0.717) is 23.0 Å². The molecule has 146 valence electrons. The van der Waals surface area contributed by atoms with E-state index in [-0.39, 0.29) is 12.1 Å². The molecule has 0 aliphatic carbocycles. The molecule has 0 saturated heterocycles. The number of nitrogens with one attached hydrogen (secondary N) is 5. The van der Waals surface area contributed by atoms with Crippen molar-refractivity contribution < 1.29 is 0 Å². The second-order valence-corrected chi connectivity index (χ2v) is 7.34. The quantitative estimate of drug-likeness (QED) is 0.361. The molecule has 0 radical (unpaired) electrons. The fourth-order valence-electron chi connectivity index (χ4n) is 2.21. The molecule has 1 heterocycles. The van der Waals surface area contributed by atoms with Crippen molar-refractivity contribution in [1.82, 2.24) is 20.4 Å². The Morgan fingerprint density at radius 3 is 2.00 bits per heavy atom. The molecule has 5 N–H and O–H groups in total. The van der Waals surface area contributed by atoms with Gasteiger partial charge in [-0.3, -0.25) is 10.9 Å². The minimum absolute atomic E-state index is 0.201. The molecule has 2 aromatic rings. The molecule has 0 fully saturated rings. The summed E-state index contributed by atoms with van der Waals surface area (Å²) in [5.74, 6) is 1.34. The van der Waals surface area contributed by atoms with Crippen molar-refractivity contribution >= 4 is 40.9 Å². The third-order valence-corrected chi connectivity index (χ3v) is 3.60. The zero-order valence-corrected chi connectivity index (χ0v) is 17.5. The Kier molecular flexibility index (Phi) is 7.12. The first-order valence-corrected chi connectivity index (χ1v) is 9.33. The topological polar surface area (TPSA) is 98.8 Å². The van der Waals surface area contributed by atoms with Crippen LogP contribution in [0.5, 0.6) is 0 Å². The lowest BCUT2D eigenvalue weighted by atomic mass is 10.1. The van der Waals surface area contributed by atoms with Gasteiger partial charge in [-0.25, -0.2) is 0 Å². The maximum atomic E-state index is 5.36. The lowest BCUT2D eigenvalue weighted by Gasteiger charge is -2.16. The van der Waals surface area contributed by atoms with Crippen LogP contribution in [0.3, 0.4) is 0 Å². The average Bonchev–Trinajstić information content (AvgIpc) is 2.55. The Morgan fingerprint density at radius 2 is 1.44 bits per heavy atom. The smallest absolute Gasteiger partial charge is 0.248 e. The SMILES string of the molecule is Cc1ccc(C)c(NC(=S)NNc2nc(NC(C)C)nc(NC(C)C)n2)c1. The van der Waals surface area contributed by atoms with Crippen LogP contribution >= 0.6 is 12.2 Å². The zero-order chi connectivity index (χ0) is 20.0. The Labute approximate surface area is 166 Å². The van der Waals surface area contributed by atoms with Crippen LogP contribution in [0.25, 0.3) is 0 Å². The first-order valence-electron chi connectivity index (χ1n) is 8.92. The molecule has 0 aliphatic rings. The van der Waals surface area contributed by atoms with Crippen molar-refractivity contribution in [2.45, 2.75) is 53.6 Å². The lowest BCUT2D eigenvalue weighted by Crippen LogP contribution is -2.34. The molecule has 0 aliphatic heterocycles. The van der Waals surface area contributed by atoms with Crippen molar-refractivity contribution in [1.29, 1.82) is 0 Å². The number of rotatable bonds is 7. The summed E-state index contributed by atoms with van der Waals surface area (Å²) in [5.41, 5.74) is 9.07. The number of benzene rings is 1. The molecule has 2 rings (SSSR count). The highest BCUT2D eigenvalue weighted by Crippen LogP contribution is 2.16. The Hall–Kier alpha value is -2.68. The van der Waals surface area contributed by atoms with E-state index in [1.807, 2.05) is 53.7 Å². The molecule has 0 amide bonds. The van der Waals surface area contributed by atoms with Gasteiger partial charge in [-0.1, -0.05) is 12.1 Å². The molecular formula is C18H28N8S. The predicted molar refractivity (Wildman–Crippen MR) is 116 cm³/mol. The molecule has 8 nitrogen and oxygen atoms in total. The number of aryl methyl sites for hydroxylation is 2. The fraction of sp³-hybridized carbons (Fsp3) is 0.444. The van der Waals surface area contributed by atoms with Crippen LogP contribution in [0.15, 0.2) is 18.2 Å². The number of aromatic nitrogens is 3. The summed E-state index contributed by atoms with van der Waals surface area (Å²) in [5, 5.41) is 9.95. The van der Waals surface area contributed by atoms with Crippen LogP contribution < -0.4 is 26.8 Å². The van der Waals surface area contributed by atoms with E-state index in [9.17, 15) is 0 Å². The summed E-state index contributed by atoms with van der Waals surface area (Å²) in [7, 11) is 0. The summed E-state index contributed by atoms with van der Waals surface area (Å²) in [4.78, 5) is 13.1. The monoisotopic (exact) mass is 388 g/mol. The highest BCUT2D eigenvalue weighted by molar-refractivity contribution is 7.80. The molecule has 27 heavy (non-hydrogen) atoms. The summed E-state index contributed by atoms with van der Waals surface area (Å²) in [6, 6.07) is 6.56. The fourth-order valence-corrected chi connectivity index (χ4v) is 2.38. The van der Waals surface area contributed by atoms with Crippen LogP contribution in [0, 0.1) is 13.8 Å². The Morgan fingerprint density at radius 1 is 0.889 bits per heavy atom.